The molecule has 0 radical (unpaired) electrons. The number of methoxy groups -OCH3 is 1. The van der Waals surface area contributed by atoms with Crippen molar-refractivity contribution in [2.45, 2.75) is 18.4 Å². The van der Waals surface area contributed by atoms with Gasteiger partial charge in [-0.15, -0.1) is 0 Å². The van der Waals surface area contributed by atoms with E-state index in [1.165, 1.54) is 25.3 Å². The van der Waals surface area contributed by atoms with Gasteiger partial charge in [-0.2, -0.15) is 0 Å². The van der Waals surface area contributed by atoms with Crippen LogP contribution in [0.5, 0.6) is 5.75 Å². The smallest absolute Gasteiger partial charge is 0.407 e. The first-order valence-electron chi connectivity index (χ1n) is 10.5. The van der Waals surface area contributed by atoms with Crippen molar-refractivity contribution in [3.05, 3.63) is 93.5 Å². The number of nitro groups is 1. The molecule has 1 aliphatic carbocycles. The Hall–Kier alpha value is -4.40. The predicted molar refractivity (Wildman–Crippen MR) is 123 cm³/mol. The molecule has 1 aliphatic rings. The lowest BCUT2D eigenvalue weighted by Gasteiger charge is -2.18. The van der Waals surface area contributed by atoms with Gasteiger partial charge in [0.25, 0.3) is 0 Å². The van der Waals surface area contributed by atoms with E-state index in [-0.39, 0.29) is 35.9 Å². The van der Waals surface area contributed by atoms with Crippen LogP contribution in [-0.2, 0) is 16.0 Å². The van der Waals surface area contributed by atoms with Crippen LogP contribution in [0.3, 0.4) is 0 Å². The standard InChI is InChI=1S/C25H22N2O7/c1-33-22-12-6-7-15(23(22)27(31)32)13-21(24(28)29)26-25(30)34-14-20-18-10-4-2-8-16(18)17-9-3-5-11-19(17)20/h2-12,20-21H,13-14H2,1H3,(H,26,30)(H,28,29). The maximum absolute atomic E-state index is 12.5. The van der Waals surface area contributed by atoms with Crippen LogP contribution in [0.4, 0.5) is 10.5 Å². The number of carboxylic acids is 1. The molecule has 1 unspecified atom stereocenters. The number of alkyl carbamates (subject to hydrolysis) is 1. The number of carbonyl (C=O) groups is 2. The third kappa shape index (κ3) is 4.40. The summed E-state index contributed by atoms with van der Waals surface area (Å²) in [6, 6.07) is 18.6. The van der Waals surface area contributed by atoms with E-state index in [1.54, 1.807) is 0 Å². The van der Waals surface area contributed by atoms with E-state index >= 15 is 0 Å². The number of aliphatic carboxylic acids is 1. The number of nitrogens with one attached hydrogen (secondary N) is 1. The number of nitrogens with zero attached hydrogens (tertiary/aromatic N) is 1. The highest BCUT2D eigenvalue weighted by Crippen LogP contribution is 2.44. The Morgan fingerprint density at radius 1 is 1.03 bits per heavy atom. The highest BCUT2D eigenvalue weighted by atomic mass is 16.6. The molecule has 0 fully saturated rings. The van der Waals surface area contributed by atoms with Gasteiger partial charge in [-0.1, -0.05) is 60.7 Å². The van der Waals surface area contributed by atoms with Crippen molar-refractivity contribution in [3.8, 4) is 16.9 Å². The molecule has 1 amide bonds. The van der Waals surface area contributed by atoms with Crippen LogP contribution in [0.1, 0.15) is 22.6 Å². The molecular formula is C25H22N2O7. The lowest BCUT2D eigenvalue weighted by atomic mass is 9.98. The van der Waals surface area contributed by atoms with Crippen LogP contribution in [0, 0.1) is 10.1 Å². The van der Waals surface area contributed by atoms with Gasteiger partial charge in [-0.05, 0) is 28.3 Å². The lowest BCUT2D eigenvalue weighted by Crippen LogP contribution is -2.43. The third-order valence-corrected chi connectivity index (χ3v) is 5.84. The fourth-order valence-electron chi connectivity index (χ4n) is 4.31. The van der Waals surface area contributed by atoms with E-state index in [0.29, 0.717) is 0 Å². The maximum Gasteiger partial charge on any atom is 0.407 e. The van der Waals surface area contributed by atoms with Gasteiger partial charge in [0.15, 0.2) is 5.75 Å². The van der Waals surface area contributed by atoms with E-state index in [2.05, 4.69) is 5.32 Å². The average Bonchev–Trinajstić information content (AvgIpc) is 3.15. The van der Waals surface area contributed by atoms with Gasteiger partial charge in [0.2, 0.25) is 0 Å². The Bertz CT molecular complexity index is 1210. The highest BCUT2D eigenvalue weighted by molar-refractivity contribution is 5.81. The summed E-state index contributed by atoms with van der Waals surface area (Å²) >= 11 is 0. The summed E-state index contributed by atoms with van der Waals surface area (Å²) in [5.74, 6) is -1.51. The molecule has 9 heteroatoms. The van der Waals surface area contributed by atoms with Crippen LogP contribution in [-0.4, -0.2) is 41.9 Å². The molecule has 0 heterocycles. The van der Waals surface area contributed by atoms with Crippen molar-refractivity contribution in [3.63, 3.8) is 0 Å². The molecule has 0 saturated carbocycles. The molecule has 0 saturated heterocycles. The second kappa shape index (κ2) is 9.62. The number of benzene rings is 3. The Labute approximate surface area is 195 Å². The first kappa shape index (κ1) is 22.8. The van der Waals surface area contributed by atoms with Crippen LogP contribution in [0.25, 0.3) is 11.1 Å². The molecular weight excluding hydrogens is 440 g/mol. The fourth-order valence-corrected chi connectivity index (χ4v) is 4.31. The largest absolute Gasteiger partial charge is 0.490 e. The van der Waals surface area contributed by atoms with Crippen molar-refractivity contribution in [2.24, 2.45) is 0 Å². The van der Waals surface area contributed by atoms with Crippen molar-refractivity contribution >= 4 is 17.7 Å². The quantitative estimate of drug-likeness (QED) is 0.380. The molecule has 34 heavy (non-hydrogen) atoms. The first-order chi connectivity index (χ1) is 16.4. The van der Waals surface area contributed by atoms with E-state index in [9.17, 15) is 24.8 Å². The number of ether oxygens (including phenoxy) is 2. The molecule has 4 rings (SSSR count). The zero-order valence-electron chi connectivity index (χ0n) is 18.3. The molecule has 2 N–H and O–H groups in total. The molecule has 9 nitrogen and oxygen atoms in total. The maximum atomic E-state index is 12.5. The Balaban J connectivity index is 1.47. The molecule has 3 aromatic rings. The molecule has 0 bridgehead atoms. The Kier molecular flexibility index (Phi) is 6.44. The molecule has 174 valence electrons. The fraction of sp³-hybridized carbons (Fsp3) is 0.200. The van der Waals surface area contributed by atoms with Crippen molar-refractivity contribution in [1.29, 1.82) is 0 Å². The topological polar surface area (TPSA) is 128 Å². The number of carbonyl (C=O) groups excluding carboxylic acids is 1. The average molecular weight is 462 g/mol. The summed E-state index contributed by atoms with van der Waals surface area (Å²) in [4.78, 5) is 35.2. The Morgan fingerprint density at radius 2 is 1.65 bits per heavy atom. The number of rotatable bonds is 8. The van der Waals surface area contributed by atoms with Gasteiger partial charge >= 0.3 is 17.7 Å². The van der Waals surface area contributed by atoms with E-state index < -0.39 is 23.0 Å². The van der Waals surface area contributed by atoms with Gasteiger partial charge in [-0.25, -0.2) is 9.59 Å². The van der Waals surface area contributed by atoms with Gasteiger partial charge in [-0.3, -0.25) is 10.1 Å². The monoisotopic (exact) mass is 462 g/mol. The number of amides is 1. The predicted octanol–water partition coefficient (Wildman–Crippen LogP) is 4.14. The zero-order chi connectivity index (χ0) is 24.2. The molecule has 0 aliphatic heterocycles. The minimum atomic E-state index is -1.43. The van der Waals surface area contributed by atoms with Crippen molar-refractivity contribution in [1.82, 2.24) is 5.32 Å². The molecule has 0 aromatic heterocycles. The van der Waals surface area contributed by atoms with E-state index in [0.717, 1.165) is 22.3 Å². The summed E-state index contributed by atoms with van der Waals surface area (Å²) < 4.78 is 10.4. The Morgan fingerprint density at radius 3 is 2.21 bits per heavy atom. The van der Waals surface area contributed by atoms with Gasteiger partial charge in [0.05, 0.1) is 12.0 Å². The number of hydrogen-bond donors (Lipinski definition) is 2. The summed E-state index contributed by atoms with van der Waals surface area (Å²) in [5.41, 5.74) is 3.97. The summed E-state index contributed by atoms with van der Waals surface area (Å²) in [6.07, 6.45) is -1.23. The number of hydrogen-bond acceptors (Lipinski definition) is 6. The second-order valence-electron chi connectivity index (χ2n) is 7.79. The summed E-state index contributed by atoms with van der Waals surface area (Å²) in [6.45, 7) is 0.0194. The minimum absolute atomic E-state index is 0.00720. The molecule has 3 aromatic carbocycles. The SMILES string of the molecule is COc1cccc(CC(NC(=O)OCC2c3ccccc3-c3ccccc32)C(=O)O)c1[N+](=O)[O-]. The van der Waals surface area contributed by atoms with Crippen LogP contribution in [0.15, 0.2) is 66.7 Å². The summed E-state index contributed by atoms with van der Waals surface area (Å²) in [7, 11) is 1.29. The second-order valence-corrected chi connectivity index (χ2v) is 7.79. The number of para-hydroxylation sites is 1. The van der Waals surface area contributed by atoms with Gasteiger partial charge in [0, 0.05) is 17.9 Å². The van der Waals surface area contributed by atoms with Crippen LogP contribution < -0.4 is 10.1 Å². The number of nitro benzene ring substituents is 1. The zero-order valence-corrected chi connectivity index (χ0v) is 18.3. The minimum Gasteiger partial charge on any atom is -0.490 e. The summed E-state index contributed by atoms with van der Waals surface area (Å²) in [5, 5.41) is 23.4. The van der Waals surface area contributed by atoms with E-state index in [1.807, 2.05) is 48.5 Å². The first-order valence-corrected chi connectivity index (χ1v) is 10.5. The van der Waals surface area contributed by atoms with Crippen LogP contribution in [0.2, 0.25) is 0 Å². The van der Waals surface area contributed by atoms with Gasteiger partial charge in [0.1, 0.15) is 12.6 Å². The van der Waals surface area contributed by atoms with E-state index in [4.69, 9.17) is 9.47 Å². The number of fused-ring (bicyclic) bond motifs is 3. The third-order valence-electron chi connectivity index (χ3n) is 5.84. The number of carboxylic acid groups (broad SMARTS) is 1. The highest BCUT2D eigenvalue weighted by Gasteiger charge is 2.31. The van der Waals surface area contributed by atoms with Crippen molar-refractivity contribution < 1.29 is 29.1 Å². The molecule has 0 spiro atoms. The molecule has 1 atom stereocenters. The normalized spacial score (nSPS) is 12.9. The lowest BCUT2D eigenvalue weighted by molar-refractivity contribution is -0.386. The van der Waals surface area contributed by atoms with Crippen molar-refractivity contribution in [2.75, 3.05) is 13.7 Å². The van der Waals surface area contributed by atoms with Crippen LogP contribution >= 0.6 is 0 Å². The van der Waals surface area contributed by atoms with Gasteiger partial charge < -0.3 is 19.9 Å².